The summed E-state index contributed by atoms with van der Waals surface area (Å²) in [7, 11) is 0. The number of hydrogen-bond acceptors (Lipinski definition) is 6. The van der Waals surface area contributed by atoms with Gasteiger partial charge in [-0.3, -0.25) is 10.1 Å². The minimum atomic E-state index is -0.404. The smallest absolute Gasteiger partial charge is 0.317 e. The maximum Gasteiger partial charge on any atom is 0.317 e. The van der Waals surface area contributed by atoms with Crippen LogP contribution in [0.15, 0.2) is 47.1 Å². The third-order valence-electron chi connectivity index (χ3n) is 4.34. The molecule has 8 nitrogen and oxygen atoms in total. The predicted molar refractivity (Wildman–Crippen MR) is 105 cm³/mol. The van der Waals surface area contributed by atoms with E-state index in [1.807, 2.05) is 12.1 Å². The van der Waals surface area contributed by atoms with E-state index in [0.29, 0.717) is 32.7 Å². The molecule has 144 valence electrons. The number of hydrogen-bond donors (Lipinski definition) is 1. The molecule has 1 aromatic carbocycles. The minimum Gasteiger partial charge on any atom is -0.468 e. The van der Waals surface area contributed by atoms with Crippen molar-refractivity contribution in [2.75, 3.05) is 43.4 Å². The third kappa shape index (κ3) is 5.40. The number of benzene rings is 1. The first-order valence-corrected chi connectivity index (χ1v) is 9.91. The number of non-ortho nitro benzene ring substituents is 1. The minimum absolute atomic E-state index is 0.0445. The van der Waals surface area contributed by atoms with E-state index in [9.17, 15) is 14.9 Å². The van der Waals surface area contributed by atoms with E-state index >= 15 is 0 Å². The van der Waals surface area contributed by atoms with Gasteiger partial charge in [-0.05, 0) is 24.3 Å². The van der Waals surface area contributed by atoms with Crippen molar-refractivity contribution >= 4 is 29.2 Å². The number of anilines is 1. The second-order valence-electron chi connectivity index (χ2n) is 6.11. The zero-order valence-electron chi connectivity index (χ0n) is 14.9. The number of amides is 2. The number of furan rings is 1. The van der Waals surface area contributed by atoms with Crippen LogP contribution in [0.2, 0.25) is 0 Å². The molecule has 2 amide bonds. The van der Waals surface area contributed by atoms with E-state index < -0.39 is 4.92 Å². The second-order valence-corrected chi connectivity index (χ2v) is 7.22. The molecule has 0 spiro atoms. The van der Waals surface area contributed by atoms with E-state index in [-0.39, 0.29) is 11.7 Å². The zero-order valence-corrected chi connectivity index (χ0v) is 15.7. The largest absolute Gasteiger partial charge is 0.468 e. The highest BCUT2D eigenvalue weighted by atomic mass is 32.2. The molecular formula is C18H22N4O4S. The van der Waals surface area contributed by atoms with Gasteiger partial charge in [0.25, 0.3) is 5.69 Å². The molecule has 2 heterocycles. The van der Waals surface area contributed by atoms with Crippen molar-refractivity contribution in [1.82, 2.24) is 10.2 Å². The van der Waals surface area contributed by atoms with Gasteiger partial charge in [-0.25, -0.2) is 4.79 Å². The Morgan fingerprint density at radius 3 is 2.56 bits per heavy atom. The molecule has 9 heteroatoms. The molecule has 2 aromatic rings. The van der Waals surface area contributed by atoms with Crippen molar-refractivity contribution in [2.24, 2.45) is 0 Å². The van der Waals surface area contributed by atoms with Gasteiger partial charge in [0.15, 0.2) is 0 Å². The number of rotatable bonds is 7. The number of carbonyl (C=O) groups is 1. The first-order chi connectivity index (χ1) is 13.1. The second kappa shape index (κ2) is 9.31. The Kier molecular flexibility index (Phi) is 6.59. The summed E-state index contributed by atoms with van der Waals surface area (Å²) in [6, 6.07) is 10.3. The van der Waals surface area contributed by atoms with Gasteiger partial charge in [0.1, 0.15) is 5.76 Å². The van der Waals surface area contributed by atoms with E-state index in [1.165, 1.54) is 12.1 Å². The zero-order chi connectivity index (χ0) is 19.1. The molecule has 0 bridgehead atoms. The standard InChI is InChI=1S/C18H22N4O4S/c23-18(19-7-13-27-14-17-2-1-12-26-17)21-10-8-20(9-11-21)15-3-5-16(6-4-15)22(24)25/h1-6,12H,7-11,13-14H2,(H,19,23). The fourth-order valence-electron chi connectivity index (χ4n) is 2.86. The van der Waals surface area contributed by atoms with Gasteiger partial charge in [-0.15, -0.1) is 0 Å². The molecule has 0 atom stereocenters. The number of nitro benzene ring substituents is 1. The SMILES string of the molecule is O=C(NCCSCc1ccco1)N1CCN(c2ccc([N+](=O)[O-])cc2)CC1. The molecule has 0 radical (unpaired) electrons. The normalized spacial score (nSPS) is 14.2. The monoisotopic (exact) mass is 390 g/mol. The lowest BCUT2D eigenvalue weighted by Crippen LogP contribution is -2.52. The molecule has 3 rings (SSSR count). The molecule has 1 N–H and O–H groups in total. The number of thioether (sulfide) groups is 1. The highest BCUT2D eigenvalue weighted by Gasteiger charge is 2.21. The van der Waals surface area contributed by atoms with Crippen molar-refractivity contribution in [1.29, 1.82) is 0 Å². The lowest BCUT2D eigenvalue weighted by Gasteiger charge is -2.36. The Labute approximate surface area is 161 Å². The maximum absolute atomic E-state index is 12.2. The number of nitrogens with one attached hydrogen (secondary N) is 1. The summed E-state index contributed by atoms with van der Waals surface area (Å²) in [4.78, 5) is 26.5. The molecule has 0 saturated carbocycles. The van der Waals surface area contributed by atoms with Crippen molar-refractivity contribution in [3.63, 3.8) is 0 Å². The van der Waals surface area contributed by atoms with Gasteiger partial charge in [0, 0.05) is 56.3 Å². The van der Waals surface area contributed by atoms with Crippen LogP contribution >= 0.6 is 11.8 Å². The topological polar surface area (TPSA) is 91.9 Å². The molecule has 1 aromatic heterocycles. The molecular weight excluding hydrogens is 368 g/mol. The fraction of sp³-hybridized carbons (Fsp3) is 0.389. The van der Waals surface area contributed by atoms with Gasteiger partial charge in [0.2, 0.25) is 0 Å². The molecule has 1 aliphatic heterocycles. The average Bonchev–Trinajstić information content (AvgIpc) is 3.21. The van der Waals surface area contributed by atoms with Crippen LogP contribution in [-0.4, -0.2) is 54.3 Å². The van der Waals surface area contributed by atoms with Crippen LogP contribution in [0, 0.1) is 10.1 Å². The van der Waals surface area contributed by atoms with Crippen molar-refractivity contribution in [3.05, 3.63) is 58.5 Å². The van der Waals surface area contributed by atoms with Crippen LogP contribution in [0.1, 0.15) is 5.76 Å². The summed E-state index contributed by atoms with van der Waals surface area (Å²) in [5.74, 6) is 2.57. The molecule has 27 heavy (non-hydrogen) atoms. The average molecular weight is 390 g/mol. The summed E-state index contributed by atoms with van der Waals surface area (Å²) >= 11 is 1.72. The number of nitro groups is 1. The first-order valence-electron chi connectivity index (χ1n) is 8.76. The Morgan fingerprint density at radius 2 is 1.93 bits per heavy atom. The van der Waals surface area contributed by atoms with E-state index in [4.69, 9.17) is 4.42 Å². The Balaban J connectivity index is 1.35. The predicted octanol–water partition coefficient (Wildman–Crippen LogP) is 2.95. The van der Waals surface area contributed by atoms with Gasteiger partial charge in [0.05, 0.1) is 16.9 Å². The van der Waals surface area contributed by atoms with Crippen LogP contribution in [0.3, 0.4) is 0 Å². The van der Waals surface area contributed by atoms with Gasteiger partial charge in [-0.2, -0.15) is 11.8 Å². The van der Waals surface area contributed by atoms with E-state index in [0.717, 1.165) is 23.0 Å². The van der Waals surface area contributed by atoms with Crippen molar-refractivity contribution < 1.29 is 14.1 Å². The molecule has 1 aliphatic rings. The van der Waals surface area contributed by atoms with Crippen molar-refractivity contribution in [3.8, 4) is 0 Å². The summed E-state index contributed by atoms with van der Waals surface area (Å²) < 4.78 is 5.27. The Bertz CT molecular complexity index is 743. The molecule has 1 saturated heterocycles. The maximum atomic E-state index is 12.2. The summed E-state index contributed by atoms with van der Waals surface area (Å²) in [5.41, 5.74) is 1.02. The first kappa shape index (κ1) is 19.1. The summed E-state index contributed by atoms with van der Waals surface area (Å²) in [6.45, 7) is 3.29. The van der Waals surface area contributed by atoms with Crippen LogP contribution in [-0.2, 0) is 5.75 Å². The number of urea groups is 1. The molecule has 1 fully saturated rings. The lowest BCUT2D eigenvalue weighted by molar-refractivity contribution is -0.384. The quantitative estimate of drug-likeness (QED) is 0.444. The highest BCUT2D eigenvalue weighted by Crippen LogP contribution is 2.20. The Morgan fingerprint density at radius 1 is 1.19 bits per heavy atom. The highest BCUT2D eigenvalue weighted by molar-refractivity contribution is 7.98. The van der Waals surface area contributed by atoms with Gasteiger partial charge < -0.3 is 19.5 Å². The molecule has 0 aliphatic carbocycles. The van der Waals surface area contributed by atoms with Gasteiger partial charge >= 0.3 is 6.03 Å². The van der Waals surface area contributed by atoms with Crippen LogP contribution in [0.4, 0.5) is 16.2 Å². The summed E-state index contributed by atoms with van der Waals surface area (Å²) in [6.07, 6.45) is 1.66. The van der Waals surface area contributed by atoms with Crippen LogP contribution < -0.4 is 10.2 Å². The van der Waals surface area contributed by atoms with Crippen LogP contribution in [0.25, 0.3) is 0 Å². The van der Waals surface area contributed by atoms with Crippen molar-refractivity contribution in [2.45, 2.75) is 5.75 Å². The Hall–Kier alpha value is -2.68. The number of carbonyl (C=O) groups excluding carboxylic acids is 1. The molecule has 0 unspecified atom stereocenters. The van der Waals surface area contributed by atoms with Crippen LogP contribution in [0.5, 0.6) is 0 Å². The van der Waals surface area contributed by atoms with E-state index in [1.54, 1.807) is 35.1 Å². The number of nitrogens with zero attached hydrogens (tertiary/aromatic N) is 3. The van der Waals surface area contributed by atoms with E-state index in [2.05, 4.69) is 10.2 Å². The third-order valence-corrected chi connectivity index (χ3v) is 5.32. The van der Waals surface area contributed by atoms with Gasteiger partial charge in [-0.1, -0.05) is 0 Å². The fourth-order valence-corrected chi connectivity index (χ4v) is 3.62. The lowest BCUT2D eigenvalue weighted by atomic mass is 10.2. The summed E-state index contributed by atoms with van der Waals surface area (Å²) in [5, 5.41) is 13.7. The number of piperazine rings is 1.